The third-order valence-corrected chi connectivity index (χ3v) is 3.77. The molecule has 2 aromatic rings. The van der Waals surface area contributed by atoms with E-state index in [9.17, 15) is 4.79 Å². The fourth-order valence-corrected chi connectivity index (χ4v) is 2.47. The summed E-state index contributed by atoms with van der Waals surface area (Å²) in [5.74, 6) is 1.12. The number of hydrogen-bond acceptors (Lipinski definition) is 6. The van der Waals surface area contributed by atoms with Gasteiger partial charge in [0, 0.05) is 24.2 Å². The van der Waals surface area contributed by atoms with Gasteiger partial charge in [-0.25, -0.2) is 4.98 Å². The first-order valence-electron chi connectivity index (χ1n) is 6.10. The van der Waals surface area contributed by atoms with Crippen LogP contribution in [0.5, 0.6) is 17.2 Å². The van der Waals surface area contributed by atoms with Crippen molar-refractivity contribution < 1.29 is 19.0 Å². The fourth-order valence-electron chi connectivity index (χ4n) is 1.87. The maximum absolute atomic E-state index is 12.5. The van der Waals surface area contributed by atoms with Crippen molar-refractivity contribution in [2.75, 3.05) is 33.3 Å². The van der Waals surface area contributed by atoms with E-state index >= 15 is 0 Å². The highest BCUT2D eigenvalue weighted by Crippen LogP contribution is 2.38. The third-order valence-electron chi connectivity index (χ3n) is 2.92. The molecule has 21 heavy (non-hydrogen) atoms. The molecule has 1 aromatic carbocycles. The lowest BCUT2D eigenvalue weighted by Crippen LogP contribution is -2.26. The second-order valence-corrected chi connectivity index (χ2v) is 4.97. The van der Waals surface area contributed by atoms with Crippen molar-refractivity contribution in [3.05, 3.63) is 29.3 Å². The number of hydrogen-bond donors (Lipinski definition) is 0. The summed E-state index contributed by atoms with van der Waals surface area (Å²) in [6.07, 6.45) is 1.65. The van der Waals surface area contributed by atoms with Crippen molar-refractivity contribution in [2.24, 2.45) is 0 Å². The molecule has 0 saturated carbocycles. The third kappa shape index (κ3) is 2.92. The summed E-state index contributed by atoms with van der Waals surface area (Å²) in [4.78, 5) is 18.1. The Labute approximate surface area is 126 Å². The zero-order valence-electron chi connectivity index (χ0n) is 12.2. The van der Waals surface area contributed by atoms with Crippen LogP contribution in [0.3, 0.4) is 0 Å². The molecule has 0 aliphatic heterocycles. The molecule has 1 aromatic heterocycles. The molecular formula is C14H16N2O4S. The van der Waals surface area contributed by atoms with Crippen LogP contribution in [0, 0.1) is 0 Å². The number of ether oxygens (including phenoxy) is 3. The maximum atomic E-state index is 12.5. The molecule has 0 aliphatic carbocycles. The first-order chi connectivity index (χ1) is 10.1. The fraction of sp³-hybridized carbons (Fsp3) is 0.286. The summed E-state index contributed by atoms with van der Waals surface area (Å²) < 4.78 is 15.7. The van der Waals surface area contributed by atoms with Gasteiger partial charge in [-0.05, 0) is 12.1 Å². The van der Waals surface area contributed by atoms with Crippen LogP contribution in [0.4, 0.5) is 5.13 Å². The number of carbonyl (C=O) groups is 1. The van der Waals surface area contributed by atoms with Crippen molar-refractivity contribution in [2.45, 2.75) is 0 Å². The number of carbonyl (C=O) groups excluding carboxylic acids is 1. The molecule has 0 atom stereocenters. The largest absolute Gasteiger partial charge is 0.493 e. The summed E-state index contributed by atoms with van der Waals surface area (Å²) in [7, 11) is 6.21. The summed E-state index contributed by atoms with van der Waals surface area (Å²) in [6, 6.07) is 3.24. The zero-order chi connectivity index (χ0) is 15.4. The molecule has 0 radical (unpaired) electrons. The van der Waals surface area contributed by atoms with E-state index < -0.39 is 0 Å². The molecule has 2 rings (SSSR count). The van der Waals surface area contributed by atoms with Crippen molar-refractivity contribution in [3.63, 3.8) is 0 Å². The molecule has 0 bridgehead atoms. The number of benzene rings is 1. The normalized spacial score (nSPS) is 10.1. The van der Waals surface area contributed by atoms with Crippen molar-refractivity contribution >= 4 is 22.4 Å². The number of thiazole rings is 1. The average Bonchev–Trinajstić information content (AvgIpc) is 3.06. The summed E-state index contributed by atoms with van der Waals surface area (Å²) in [5.41, 5.74) is 0.433. The highest BCUT2D eigenvalue weighted by Gasteiger charge is 2.20. The van der Waals surface area contributed by atoms with Gasteiger partial charge in [-0.1, -0.05) is 0 Å². The van der Waals surface area contributed by atoms with Crippen LogP contribution in [0.1, 0.15) is 10.4 Å². The Kier molecular flexibility index (Phi) is 4.64. The number of anilines is 1. The SMILES string of the molecule is COc1cc(C(=O)N(C)c2nccs2)cc(OC)c1OC. The smallest absolute Gasteiger partial charge is 0.260 e. The van der Waals surface area contributed by atoms with Crippen molar-refractivity contribution in [1.29, 1.82) is 0 Å². The van der Waals surface area contributed by atoms with Gasteiger partial charge in [0.05, 0.1) is 21.3 Å². The van der Waals surface area contributed by atoms with Gasteiger partial charge in [-0.15, -0.1) is 11.3 Å². The number of aromatic nitrogens is 1. The van der Waals surface area contributed by atoms with Crippen LogP contribution in [0.15, 0.2) is 23.7 Å². The predicted octanol–water partition coefficient (Wildman–Crippen LogP) is 2.45. The van der Waals surface area contributed by atoms with Gasteiger partial charge in [0.15, 0.2) is 16.6 Å². The van der Waals surface area contributed by atoms with E-state index in [1.165, 1.54) is 37.6 Å². The van der Waals surface area contributed by atoms with E-state index in [1.54, 1.807) is 25.4 Å². The Balaban J connectivity index is 2.42. The molecule has 7 heteroatoms. The summed E-state index contributed by atoms with van der Waals surface area (Å²) in [5, 5.41) is 2.43. The lowest BCUT2D eigenvalue weighted by Gasteiger charge is -2.17. The Hall–Kier alpha value is -2.28. The van der Waals surface area contributed by atoms with Gasteiger partial charge >= 0.3 is 0 Å². The first-order valence-corrected chi connectivity index (χ1v) is 6.97. The Morgan fingerprint density at radius 3 is 2.19 bits per heavy atom. The molecule has 1 amide bonds. The van der Waals surface area contributed by atoms with Crippen LogP contribution >= 0.6 is 11.3 Å². The topological polar surface area (TPSA) is 60.9 Å². The Bertz CT molecular complexity index is 603. The van der Waals surface area contributed by atoms with Crippen LogP contribution in [0.2, 0.25) is 0 Å². The van der Waals surface area contributed by atoms with Gasteiger partial charge in [-0.3, -0.25) is 9.69 Å². The second-order valence-electron chi connectivity index (χ2n) is 4.09. The Morgan fingerprint density at radius 2 is 1.76 bits per heavy atom. The van der Waals surface area contributed by atoms with E-state index in [1.807, 2.05) is 5.38 Å². The van der Waals surface area contributed by atoms with Crippen LogP contribution in [-0.4, -0.2) is 39.3 Å². The molecular weight excluding hydrogens is 292 g/mol. The number of nitrogens with zero attached hydrogens (tertiary/aromatic N) is 2. The molecule has 0 aliphatic rings. The monoisotopic (exact) mass is 308 g/mol. The molecule has 0 saturated heterocycles. The summed E-state index contributed by atoms with van der Waals surface area (Å²) >= 11 is 1.39. The number of methoxy groups -OCH3 is 3. The van der Waals surface area contributed by atoms with Crippen molar-refractivity contribution in [1.82, 2.24) is 4.98 Å². The lowest BCUT2D eigenvalue weighted by molar-refractivity contribution is 0.0992. The Morgan fingerprint density at radius 1 is 1.14 bits per heavy atom. The predicted molar refractivity (Wildman–Crippen MR) is 80.9 cm³/mol. The molecule has 0 fully saturated rings. The summed E-state index contributed by atoms with van der Waals surface area (Å²) in [6.45, 7) is 0. The van der Waals surface area contributed by atoms with Crippen LogP contribution < -0.4 is 19.1 Å². The first kappa shape index (κ1) is 15.1. The van der Waals surface area contributed by atoms with Gasteiger partial charge in [0.2, 0.25) is 5.75 Å². The molecule has 112 valence electrons. The molecule has 0 spiro atoms. The van der Waals surface area contributed by atoms with E-state index in [0.717, 1.165) is 0 Å². The standard InChI is InChI=1S/C14H16N2O4S/c1-16(14-15-5-6-21-14)13(17)9-7-10(18-2)12(20-4)11(8-9)19-3/h5-8H,1-4H3. The quantitative estimate of drug-likeness (QED) is 0.849. The second kappa shape index (κ2) is 6.45. The van der Waals surface area contributed by atoms with Gasteiger partial charge in [0.25, 0.3) is 5.91 Å². The van der Waals surface area contributed by atoms with Crippen molar-refractivity contribution in [3.8, 4) is 17.2 Å². The molecule has 0 N–H and O–H groups in total. The molecule has 0 unspecified atom stereocenters. The minimum Gasteiger partial charge on any atom is -0.493 e. The van der Waals surface area contributed by atoms with Gasteiger partial charge in [-0.2, -0.15) is 0 Å². The van der Waals surface area contributed by atoms with Gasteiger partial charge in [0.1, 0.15) is 0 Å². The minimum absolute atomic E-state index is 0.204. The molecule has 1 heterocycles. The van der Waals surface area contributed by atoms with E-state index in [4.69, 9.17) is 14.2 Å². The van der Waals surface area contributed by atoms with E-state index in [-0.39, 0.29) is 5.91 Å². The number of rotatable bonds is 5. The minimum atomic E-state index is -0.204. The highest BCUT2D eigenvalue weighted by molar-refractivity contribution is 7.13. The lowest BCUT2D eigenvalue weighted by atomic mass is 10.1. The average molecular weight is 308 g/mol. The number of amides is 1. The highest BCUT2D eigenvalue weighted by atomic mass is 32.1. The van der Waals surface area contributed by atoms with E-state index in [2.05, 4.69) is 4.98 Å². The van der Waals surface area contributed by atoms with Crippen LogP contribution in [0.25, 0.3) is 0 Å². The maximum Gasteiger partial charge on any atom is 0.260 e. The van der Waals surface area contributed by atoms with E-state index in [0.29, 0.717) is 27.9 Å². The molecule has 6 nitrogen and oxygen atoms in total. The zero-order valence-corrected chi connectivity index (χ0v) is 13.1. The van der Waals surface area contributed by atoms with Gasteiger partial charge < -0.3 is 14.2 Å². The van der Waals surface area contributed by atoms with Crippen LogP contribution in [-0.2, 0) is 0 Å².